The van der Waals surface area contributed by atoms with Crippen molar-refractivity contribution in [1.82, 2.24) is 0 Å². The molecule has 0 aromatic heterocycles. The largest absolute Gasteiger partial charge is 0.386 e. The Kier molecular flexibility index (Phi) is 4.77. The highest BCUT2D eigenvalue weighted by molar-refractivity contribution is 9.10. The topological polar surface area (TPSA) is 29.5 Å². The molecule has 1 aromatic rings. The van der Waals surface area contributed by atoms with E-state index in [-0.39, 0.29) is 6.10 Å². The van der Waals surface area contributed by atoms with Crippen LogP contribution in [0.4, 0.5) is 0 Å². The molecule has 1 rings (SSSR count). The molecule has 84 valence electrons. The lowest BCUT2D eigenvalue weighted by atomic mass is 10.1. The Hall–Kier alpha value is -0.380. The molecular formula is C12H17BrO2. The summed E-state index contributed by atoms with van der Waals surface area (Å²) in [4.78, 5) is 0. The van der Waals surface area contributed by atoms with Gasteiger partial charge < -0.3 is 9.84 Å². The lowest BCUT2D eigenvalue weighted by molar-refractivity contribution is 0.00465. The smallest absolute Gasteiger partial charge is 0.103 e. The summed E-state index contributed by atoms with van der Waals surface area (Å²) in [7, 11) is 0. The van der Waals surface area contributed by atoms with Crippen LogP contribution in [0.2, 0.25) is 0 Å². The maximum absolute atomic E-state index is 9.89. The molecule has 0 saturated carbocycles. The molecule has 1 aromatic carbocycles. The molecule has 3 heteroatoms. The standard InChI is InChI=1S/C12H17BrO2/c1-8(2)15-7-12(14)10-5-4-9(3)6-11(10)13/h4-6,8,12,14H,7H2,1-3H3. The molecule has 1 N–H and O–H groups in total. The summed E-state index contributed by atoms with van der Waals surface area (Å²) in [5, 5.41) is 9.89. The fourth-order valence-electron chi connectivity index (χ4n) is 1.28. The van der Waals surface area contributed by atoms with E-state index in [4.69, 9.17) is 4.74 Å². The molecule has 0 amide bonds. The van der Waals surface area contributed by atoms with Crippen LogP contribution in [0.15, 0.2) is 22.7 Å². The Bertz CT molecular complexity index is 323. The summed E-state index contributed by atoms with van der Waals surface area (Å²) in [6, 6.07) is 5.90. The molecule has 0 aliphatic heterocycles. The summed E-state index contributed by atoms with van der Waals surface area (Å²) in [6.07, 6.45) is -0.425. The van der Waals surface area contributed by atoms with Crippen molar-refractivity contribution >= 4 is 15.9 Å². The number of aliphatic hydroxyl groups is 1. The molecule has 0 radical (unpaired) electrons. The third-order valence-electron chi connectivity index (χ3n) is 2.10. The second kappa shape index (κ2) is 5.64. The van der Waals surface area contributed by atoms with Crippen molar-refractivity contribution in [2.45, 2.75) is 33.0 Å². The van der Waals surface area contributed by atoms with Gasteiger partial charge in [-0.25, -0.2) is 0 Å². The predicted octanol–water partition coefficient (Wildman–Crippen LogP) is 3.22. The normalized spacial score (nSPS) is 13.2. The SMILES string of the molecule is Cc1ccc(C(O)COC(C)C)c(Br)c1. The van der Waals surface area contributed by atoms with E-state index in [0.717, 1.165) is 10.0 Å². The Balaban J connectivity index is 2.69. The van der Waals surface area contributed by atoms with Crippen molar-refractivity contribution in [1.29, 1.82) is 0 Å². The van der Waals surface area contributed by atoms with E-state index >= 15 is 0 Å². The van der Waals surface area contributed by atoms with E-state index in [2.05, 4.69) is 15.9 Å². The maximum Gasteiger partial charge on any atom is 0.103 e. The quantitative estimate of drug-likeness (QED) is 0.912. The van der Waals surface area contributed by atoms with E-state index in [0.29, 0.717) is 6.61 Å². The molecule has 0 spiro atoms. The Morgan fingerprint density at radius 3 is 2.60 bits per heavy atom. The molecule has 0 heterocycles. The number of hydrogen-bond acceptors (Lipinski definition) is 2. The lowest BCUT2D eigenvalue weighted by Crippen LogP contribution is -2.12. The maximum atomic E-state index is 9.89. The van der Waals surface area contributed by atoms with Crippen molar-refractivity contribution in [2.75, 3.05) is 6.61 Å². The Morgan fingerprint density at radius 1 is 1.40 bits per heavy atom. The number of rotatable bonds is 4. The van der Waals surface area contributed by atoms with Gasteiger partial charge in [-0.2, -0.15) is 0 Å². The minimum Gasteiger partial charge on any atom is -0.386 e. The van der Waals surface area contributed by atoms with Crippen LogP contribution < -0.4 is 0 Å². The molecule has 15 heavy (non-hydrogen) atoms. The van der Waals surface area contributed by atoms with Gasteiger partial charge in [-0.1, -0.05) is 28.1 Å². The number of halogens is 1. The van der Waals surface area contributed by atoms with Gasteiger partial charge in [0.25, 0.3) is 0 Å². The van der Waals surface area contributed by atoms with E-state index in [1.165, 1.54) is 5.56 Å². The minimum absolute atomic E-state index is 0.142. The molecular weight excluding hydrogens is 256 g/mol. The van der Waals surface area contributed by atoms with Gasteiger partial charge in [0.15, 0.2) is 0 Å². The summed E-state index contributed by atoms with van der Waals surface area (Å²) in [6.45, 7) is 6.26. The van der Waals surface area contributed by atoms with E-state index in [1.807, 2.05) is 39.0 Å². The van der Waals surface area contributed by atoms with Gasteiger partial charge in [0.1, 0.15) is 6.10 Å². The highest BCUT2D eigenvalue weighted by Gasteiger charge is 2.11. The number of aliphatic hydroxyl groups excluding tert-OH is 1. The zero-order chi connectivity index (χ0) is 11.4. The van der Waals surface area contributed by atoms with Crippen molar-refractivity contribution in [2.24, 2.45) is 0 Å². The molecule has 0 bridgehead atoms. The number of benzene rings is 1. The van der Waals surface area contributed by atoms with E-state index in [1.54, 1.807) is 0 Å². The minimum atomic E-state index is -0.567. The molecule has 0 aliphatic carbocycles. The second-order valence-corrected chi connectivity index (χ2v) is 4.78. The summed E-state index contributed by atoms with van der Waals surface area (Å²) in [5.41, 5.74) is 2.05. The highest BCUT2D eigenvalue weighted by atomic mass is 79.9. The van der Waals surface area contributed by atoms with Crippen LogP contribution >= 0.6 is 15.9 Å². The predicted molar refractivity (Wildman–Crippen MR) is 64.9 cm³/mol. The van der Waals surface area contributed by atoms with Crippen LogP contribution in [-0.4, -0.2) is 17.8 Å². The van der Waals surface area contributed by atoms with Crippen molar-refractivity contribution in [3.63, 3.8) is 0 Å². The van der Waals surface area contributed by atoms with Crippen LogP contribution in [0.25, 0.3) is 0 Å². The number of ether oxygens (including phenoxy) is 1. The van der Waals surface area contributed by atoms with Gasteiger partial charge in [-0.3, -0.25) is 0 Å². The third kappa shape index (κ3) is 3.93. The summed E-state index contributed by atoms with van der Waals surface area (Å²) >= 11 is 3.44. The fourth-order valence-corrected chi connectivity index (χ4v) is 2.03. The van der Waals surface area contributed by atoms with Gasteiger partial charge in [0.05, 0.1) is 12.7 Å². The van der Waals surface area contributed by atoms with E-state index < -0.39 is 6.10 Å². The van der Waals surface area contributed by atoms with Crippen LogP contribution in [0.3, 0.4) is 0 Å². The zero-order valence-electron chi connectivity index (χ0n) is 9.33. The zero-order valence-corrected chi connectivity index (χ0v) is 10.9. The second-order valence-electron chi connectivity index (χ2n) is 3.92. The molecule has 0 saturated heterocycles. The van der Waals surface area contributed by atoms with Gasteiger partial charge in [0, 0.05) is 4.47 Å². The molecule has 1 unspecified atom stereocenters. The van der Waals surface area contributed by atoms with Gasteiger partial charge in [0.2, 0.25) is 0 Å². The average Bonchev–Trinajstić information content (AvgIpc) is 2.14. The summed E-state index contributed by atoms with van der Waals surface area (Å²) < 4.78 is 6.31. The Morgan fingerprint density at radius 2 is 2.07 bits per heavy atom. The average molecular weight is 273 g/mol. The fraction of sp³-hybridized carbons (Fsp3) is 0.500. The molecule has 2 nitrogen and oxygen atoms in total. The van der Waals surface area contributed by atoms with Crippen molar-refractivity contribution in [3.05, 3.63) is 33.8 Å². The lowest BCUT2D eigenvalue weighted by Gasteiger charge is -2.15. The summed E-state index contributed by atoms with van der Waals surface area (Å²) in [5.74, 6) is 0. The van der Waals surface area contributed by atoms with E-state index in [9.17, 15) is 5.11 Å². The number of hydrogen-bond donors (Lipinski definition) is 1. The third-order valence-corrected chi connectivity index (χ3v) is 2.79. The van der Waals surface area contributed by atoms with Gasteiger partial charge >= 0.3 is 0 Å². The first-order chi connectivity index (χ1) is 7.00. The van der Waals surface area contributed by atoms with Crippen LogP contribution in [0.1, 0.15) is 31.1 Å². The highest BCUT2D eigenvalue weighted by Crippen LogP contribution is 2.24. The first kappa shape index (κ1) is 12.7. The van der Waals surface area contributed by atoms with Crippen LogP contribution in [-0.2, 0) is 4.74 Å². The first-order valence-electron chi connectivity index (χ1n) is 5.06. The molecule has 1 atom stereocenters. The van der Waals surface area contributed by atoms with Gasteiger partial charge in [-0.15, -0.1) is 0 Å². The monoisotopic (exact) mass is 272 g/mol. The molecule has 0 aliphatic rings. The Labute approximate surface area is 99.4 Å². The molecule has 0 fully saturated rings. The van der Waals surface area contributed by atoms with Crippen molar-refractivity contribution in [3.8, 4) is 0 Å². The van der Waals surface area contributed by atoms with Crippen molar-refractivity contribution < 1.29 is 9.84 Å². The van der Waals surface area contributed by atoms with Crippen LogP contribution in [0, 0.1) is 6.92 Å². The van der Waals surface area contributed by atoms with Crippen LogP contribution in [0.5, 0.6) is 0 Å². The van der Waals surface area contributed by atoms with Gasteiger partial charge in [-0.05, 0) is 38.0 Å². The first-order valence-corrected chi connectivity index (χ1v) is 5.85. The number of aryl methyl sites for hydroxylation is 1.